The lowest BCUT2D eigenvalue weighted by molar-refractivity contribution is 0.0956. The molecular weight excluding hydrogens is 278 g/mol. The molecule has 2 N–H and O–H groups in total. The number of aliphatic hydroxyl groups is 1. The zero-order valence-electron chi connectivity index (χ0n) is 11.4. The third-order valence-electron chi connectivity index (χ3n) is 2.41. The van der Waals surface area contributed by atoms with Gasteiger partial charge < -0.3 is 10.4 Å². The van der Waals surface area contributed by atoms with Crippen LogP contribution in [0.1, 0.15) is 21.5 Å². The van der Waals surface area contributed by atoms with Crippen LogP contribution in [0.25, 0.3) is 0 Å². The average Bonchev–Trinajstić information content (AvgIpc) is 2.34. The van der Waals surface area contributed by atoms with Crippen molar-refractivity contribution < 1.29 is 18.3 Å². The third kappa shape index (κ3) is 5.87. The lowest BCUT2D eigenvalue weighted by Crippen LogP contribution is -2.28. The van der Waals surface area contributed by atoms with Crippen LogP contribution in [0.4, 0.5) is 0 Å². The molecule has 0 saturated carbocycles. The van der Waals surface area contributed by atoms with Gasteiger partial charge in [0.05, 0.1) is 5.75 Å². The van der Waals surface area contributed by atoms with E-state index in [1.165, 1.54) is 0 Å². The molecule has 0 fully saturated rings. The molecule has 1 amide bonds. The second-order valence-electron chi connectivity index (χ2n) is 4.43. The van der Waals surface area contributed by atoms with E-state index in [0.29, 0.717) is 11.1 Å². The maximum Gasteiger partial charge on any atom is 0.251 e. The largest absolute Gasteiger partial charge is 0.384 e. The zero-order valence-corrected chi connectivity index (χ0v) is 12.3. The van der Waals surface area contributed by atoms with E-state index in [0.717, 1.165) is 11.8 Å². The summed E-state index contributed by atoms with van der Waals surface area (Å²) in [6.07, 6.45) is 1.12. The van der Waals surface area contributed by atoms with E-state index in [-0.39, 0.29) is 24.8 Å². The molecule has 0 aliphatic carbocycles. The predicted octanol–water partition coefficient (Wildman–Crippen LogP) is 0.113. The van der Waals surface area contributed by atoms with Gasteiger partial charge in [0.1, 0.15) is 16.4 Å². The summed E-state index contributed by atoms with van der Waals surface area (Å²) in [5.74, 6) is 4.81. The van der Waals surface area contributed by atoms with E-state index in [1.54, 1.807) is 18.2 Å². The van der Waals surface area contributed by atoms with Crippen LogP contribution in [-0.2, 0) is 9.84 Å². The van der Waals surface area contributed by atoms with E-state index < -0.39 is 9.84 Å². The topological polar surface area (TPSA) is 83.5 Å². The first kappa shape index (κ1) is 16.2. The number of hydrogen-bond donors (Lipinski definition) is 2. The number of rotatable bonds is 4. The van der Waals surface area contributed by atoms with Gasteiger partial charge in [0.2, 0.25) is 0 Å². The van der Waals surface area contributed by atoms with E-state index in [1.807, 2.05) is 6.92 Å². The first-order valence-corrected chi connectivity index (χ1v) is 8.05. The number of nitrogens with one attached hydrogen (secondary N) is 1. The molecule has 0 aliphatic heterocycles. The normalized spacial score (nSPS) is 10.6. The lowest BCUT2D eigenvalue weighted by atomic mass is 10.1. The molecule has 0 heterocycles. The van der Waals surface area contributed by atoms with Gasteiger partial charge in [-0.25, -0.2) is 8.42 Å². The van der Waals surface area contributed by atoms with Crippen molar-refractivity contribution in [3.63, 3.8) is 0 Å². The quantitative estimate of drug-likeness (QED) is 0.773. The van der Waals surface area contributed by atoms with Crippen molar-refractivity contribution in [2.24, 2.45) is 0 Å². The minimum atomic E-state index is -3.10. The van der Waals surface area contributed by atoms with Crippen LogP contribution in [0.3, 0.4) is 0 Å². The minimum Gasteiger partial charge on any atom is -0.384 e. The van der Waals surface area contributed by atoms with E-state index in [9.17, 15) is 13.2 Å². The molecule has 0 atom stereocenters. The van der Waals surface area contributed by atoms with Crippen LogP contribution in [0.5, 0.6) is 0 Å². The summed E-state index contributed by atoms with van der Waals surface area (Å²) in [5, 5.41) is 11.2. The third-order valence-corrected chi connectivity index (χ3v) is 3.36. The average molecular weight is 295 g/mol. The van der Waals surface area contributed by atoms with Crippen LogP contribution >= 0.6 is 0 Å². The van der Waals surface area contributed by atoms with Gasteiger partial charge in [0.25, 0.3) is 5.91 Å². The molecule has 0 aliphatic rings. The van der Waals surface area contributed by atoms with Crippen molar-refractivity contribution >= 4 is 15.7 Å². The molecule has 0 radical (unpaired) electrons. The van der Waals surface area contributed by atoms with Gasteiger partial charge in [-0.15, -0.1) is 0 Å². The van der Waals surface area contributed by atoms with Crippen LogP contribution in [0.2, 0.25) is 0 Å². The summed E-state index contributed by atoms with van der Waals surface area (Å²) in [4.78, 5) is 11.9. The SMILES string of the molecule is Cc1cc(C#CCO)cc(C(=O)NCCS(C)(=O)=O)c1. The summed E-state index contributed by atoms with van der Waals surface area (Å²) in [6.45, 7) is 1.66. The lowest BCUT2D eigenvalue weighted by Gasteiger charge is -2.06. The van der Waals surface area contributed by atoms with Crippen molar-refractivity contribution in [3.8, 4) is 11.8 Å². The minimum absolute atomic E-state index is 0.0727. The number of carbonyl (C=O) groups excluding carboxylic acids is 1. The smallest absolute Gasteiger partial charge is 0.251 e. The number of sulfone groups is 1. The summed E-state index contributed by atoms with van der Waals surface area (Å²) < 4.78 is 22.0. The standard InChI is InChI=1S/C14H17NO4S/c1-11-8-12(4-3-6-16)10-13(9-11)14(17)15-5-7-20(2,18)19/h8-10,16H,5-7H2,1-2H3,(H,15,17). The second kappa shape index (κ2) is 7.08. The molecule has 20 heavy (non-hydrogen) atoms. The number of hydrogen-bond acceptors (Lipinski definition) is 4. The molecule has 5 nitrogen and oxygen atoms in total. The number of aliphatic hydroxyl groups excluding tert-OH is 1. The van der Waals surface area contributed by atoms with Gasteiger partial charge in [0.15, 0.2) is 0 Å². The maximum absolute atomic E-state index is 11.9. The van der Waals surface area contributed by atoms with Crippen LogP contribution in [-0.4, -0.2) is 44.6 Å². The number of benzene rings is 1. The molecule has 108 valence electrons. The zero-order chi connectivity index (χ0) is 15.2. The summed E-state index contributed by atoms with van der Waals surface area (Å²) >= 11 is 0. The Morgan fingerprint density at radius 2 is 2.05 bits per heavy atom. The Morgan fingerprint density at radius 3 is 2.65 bits per heavy atom. The van der Waals surface area contributed by atoms with E-state index in [4.69, 9.17) is 5.11 Å². The fraction of sp³-hybridized carbons (Fsp3) is 0.357. The van der Waals surface area contributed by atoms with Crippen molar-refractivity contribution in [1.82, 2.24) is 5.32 Å². The van der Waals surface area contributed by atoms with E-state index in [2.05, 4.69) is 17.2 Å². The van der Waals surface area contributed by atoms with E-state index >= 15 is 0 Å². The molecule has 0 saturated heterocycles. The van der Waals surface area contributed by atoms with Gasteiger partial charge in [-0.2, -0.15) is 0 Å². The second-order valence-corrected chi connectivity index (χ2v) is 6.69. The summed E-state index contributed by atoms with van der Waals surface area (Å²) in [7, 11) is -3.10. The highest BCUT2D eigenvalue weighted by molar-refractivity contribution is 7.90. The van der Waals surface area contributed by atoms with Gasteiger partial charge in [-0.3, -0.25) is 4.79 Å². The molecule has 0 aromatic heterocycles. The van der Waals surface area contributed by atoms with Crippen molar-refractivity contribution in [2.45, 2.75) is 6.92 Å². The number of amides is 1. The maximum atomic E-state index is 11.9. The first-order chi connectivity index (χ1) is 9.31. The Labute approximate surface area is 118 Å². The highest BCUT2D eigenvalue weighted by Gasteiger charge is 2.08. The Bertz CT molecular complexity index is 653. The molecule has 1 aromatic rings. The highest BCUT2D eigenvalue weighted by atomic mass is 32.2. The van der Waals surface area contributed by atoms with Gasteiger partial charge >= 0.3 is 0 Å². The number of aryl methyl sites for hydroxylation is 1. The Kier molecular flexibility index (Phi) is 5.74. The molecule has 0 spiro atoms. The molecule has 6 heteroatoms. The van der Waals surface area contributed by atoms with Crippen LogP contribution in [0.15, 0.2) is 18.2 Å². The Morgan fingerprint density at radius 1 is 1.35 bits per heavy atom. The number of carbonyl (C=O) groups is 1. The van der Waals surface area contributed by atoms with Crippen LogP contribution < -0.4 is 5.32 Å². The highest BCUT2D eigenvalue weighted by Crippen LogP contribution is 2.09. The molecule has 1 rings (SSSR count). The molecule has 1 aromatic carbocycles. The van der Waals surface area contributed by atoms with Gasteiger partial charge in [0, 0.05) is 23.9 Å². The Balaban J connectivity index is 2.80. The fourth-order valence-corrected chi connectivity index (χ4v) is 2.05. The van der Waals surface area contributed by atoms with Crippen molar-refractivity contribution in [3.05, 3.63) is 34.9 Å². The first-order valence-electron chi connectivity index (χ1n) is 5.99. The fourth-order valence-electron chi connectivity index (χ4n) is 1.58. The predicted molar refractivity (Wildman–Crippen MR) is 77.2 cm³/mol. The van der Waals surface area contributed by atoms with Gasteiger partial charge in [-0.05, 0) is 30.7 Å². The van der Waals surface area contributed by atoms with Gasteiger partial charge in [-0.1, -0.05) is 11.8 Å². The van der Waals surface area contributed by atoms with Crippen molar-refractivity contribution in [1.29, 1.82) is 0 Å². The monoisotopic (exact) mass is 295 g/mol. The molecular formula is C14H17NO4S. The van der Waals surface area contributed by atoms with Crippen molar-refractivity contribution in [2.75, 3.05) is 25.2 Å². The Hall–Kier alpha value is -1.84. The van der Waals surface area contributed by atoms with Crippen LogP contribution in [0, 0.1) is 18.8 Å². The molecule has 0 bridgehead atoms. The summed E-state index contributed by atoms with van der Waals surface area (Å²) in [6, 6.07) is 5.10. The summed E-state index contributed by atoms with van der Waals surface area (Å²) in [5.41, 5.74) is 1.91. The molecule has 0 unspecified atom stereocenters.